The molecule has 0 atom stereocenters. The van der Waals surface area contributed by atoms with E-state index in [1.807, 2.05) is 6.92 Å². The van der Waals surface area contributed by atoms with E-state index in [1.54, 1.807) is 19.2 Å². The van der Waals surface area contributed by atoms with Crippen LogP contribution >= 0.6 is 22.6 Å². The van der Waals surface area contributed by atoms with Gasteiger partial charge < -0.3 is 10.1 Å². The van der Waals surface area contributed by atoms with Crippen LogP contribution in [0.4, 0.5) is 5.82 Å². The van der Waals surface area contributed by atoms with Gasteiger partial charge in [0.05, 0.1) is 16.4 Å². The van der Waals surface area contributed by atoms with E-state index in [9.17, 15) is 0 Å². The van der Waals surface area contributed by atoms with Crippen LogP contribution in [0.3, 0.4) is 0 Å². The van der Waals surface area contributed by atoms with Gasteiger partial charge in [-0.2, -0.15) is 0 Å². The zero-order valence-corrected chi connectivity index (χ0v) is 13.8. The first kappa shape index (κ1) is 14.9. The van der Waals surface area contributed by atoms with Gasteiger partial charge in [0.15, 0.2) is 5.82 Å². The van der Waals surface area contributed by atoms with Gasteiger partial charge in [-0.25, -0.2) is 9.97 Å². The Balaban J connectivity index is 2.37. The number of ether oxygens (including phenoxy) is 1. The second kappa shape index (κ2) is 6.78. The maximum Gasteiger partial charge on any atom is 0.233 e. The van der Waals surface area contributed by atoms with E-state index in [4.69, 9.17) is 4.74 Å². The van der Waals surface area contributed by atoms with E-state index in [1.165, 1.54) is 0 Å². The summed E-state index contributed by atoms with van der Waals surface area (Å²) in [7, 11) is 1.56. The predicted octanol–water partition coefficient (Wildman–Crippen LogP) is 2.68. The SMILES string of the molecule is CCCNc1nc(-c2ccc(OC)nn2)nc(C)c1I. The molecule has 2 heterocycles. The quantitative estimate of drug-likeness (QED) is 0.798. The Morgan fingerprint density at radius 1 is 1.25 bits per heavy atom. The monoisotopic (exact) mass is 385 g/mol. The Labute approximate surface area is 131 Å². The van der Waals surface area contributed by atoms with Gasteiger partial charge >= 0.3 is 0 Å². The molecule has 0 amide bonds. The summed E-state index contributed by atoms with van der Waals surface area (Å²) in [4.78, 5) is 8.99. The van der Waals surface area contributed by atoms with Crippen molar-refractivity contribution in [3.8, 4) is 17.4 Å². The molecule has 0 unspecified atom stereocenters. The lowest BCUT2D eigenvalue weighted by molar-refractivity contribution is 0.392. The van der Waals surface area contributed by atoms with Crippen molar-refractivity contribution in [1.82, 2.24) is 20.2 Å². The van der Waals surface area contributed by atoms with Crippen LogP contribution in [0.1, 0.15) is 19.0 Å². The number of hydrogen-bond donors (Lipinski definition) is 1. The van der Waals surface area contributed by atoms with Gasteiger partial charge in [0, 0.05) is 12.6 Å². The van der Waals surface area contributed by atoms with Crippen LogP contribution in [-0.2, 0) is 0 Å². The summed E-state index contributed by atoms with van der Waals surface area (Å²) >= 11 is 2.25. The van der Waals surface area contributed by atoms with Gasteiger partial charge in [-0.1, -0.05) is 6.92 Å². The molecule has 0 fully saturated rings. The molecule has 0 aliphatic carbocycles. The standard InChI is InChI=1S/C13H16IN5O/c1-4-7-15-13-11(14)8(2)16-12(17-13)9-5-6-10(20-3)19-18-9/h5-6H,4,7H2,1-3H3,(H,15,16,17). The molecular weight excluding hydrogens is 369 g/mol. The van der Waals surface area contributed by atoms with Crippen LogP contribution in [0.5, 0.6) is 5.88 Å². The van der Waals surface area contributed by atoms with Crippen molar-refractivity contribution in [2.24, 2.45) is 0 Å². The molecular formula is C13H16IN5O. The van der Waals surface area contributed by atoms with Gasteiger partial charge in [-0.15, -0.1) is 10.2 Å². The van der Waals surface area contributed by atoms with Crippen molar-refractivity contribution in [3.05, 3.63) is 21.4 Å². The van der Waals surface area contributed by atoms with E-state index >= 15 is 0 Å². The highest BCUT2D eigenvalue weighted by Gasteiger charge is 2.12. The van der Waals surface area contributed by atoms with Crippen LogP contribution in [-0.4, -0.2) is 33.8 Å². The van der Waals surface area contributed by atoms with Crippen molar-refractivity contribution in [3.63, 3.8) is 0 Å². The van der Waals surface area contributed by atoms with E-state index < -0.39 is 0 Å². The number of anilines is 1. The summed E-state index contributed by atoms with van der Waals surface area (Å²) in [5, 5.41) is 11.3. The Hall–Kier alpha value is -1.51. The first-order valence-corrected chi connectivity index (χ1v) is 7.39. The molecule has 0 aliphatic rings. The molecule has 0 saturated heterocycles. The molecule has 1 N–H and O–H groups in total. The third kappa shape index (κ3) is 3.33. The highest BCUT2D eigenvalue weighted by molar-refractivity contribution is 14.1. The molecule has 2 rings (SSSR count). The fourth-order valence-electron chi connectivity index (χ4n) is 1.58. The van der Waals surface area contributed by atoms with Gasteiger partial charge in [0.2, 0.25) is 5.88 Å². The number of rotatable bonds is 5. The smallest absolute Gasteiger partial charge is 0.233 e. The topological polar surface area (TPSA) is 72.8 Å². The number of hydrogen-bond acceptors (Lipinski definition) is 6. The van der Waals surface area contributed by atoms with Gasteiger partial charge in [-0.3, -0.25) is 0 Å². The second-order valence-electron chi connectivity index (χ2n) is 4.18. The lowest BCUT2D eigenvalue weighted by atomic mass is 10.3. The minimum absolute atomic E-state index is 0.473. The molecule has 106 valence electrons. The van der Waals surface area contributed by atoms with E-state index in [0.717, 1.165) is 28.0 Å². The first-order chi connectivity index (χ1) is 9.65. The third-order valence-corrected chi connectivity index (χ3v) is 3.93. The Kier molecular flexibility index (Phi) is 5.05. The molecule has 2 aromatic heterocycles. The van der Waals surface area contributed by atoms with Crippen LogP contribution in [0.15, 0.2) is 12.1 Å². The van der Waals surface area contributed by atoms with Crippen LogP contribution in [0.25, 0.3) is 11.5 Å². The summed E-state index contributed by atoms with van der Waals surface area (Å²) < 4.78 is 6.03. The molecule has 2 aromatic rings. The second-order valence-corrected chi connectivity index (χ2v) is 5.26. The highest BCUT2D eigenvalue weighted by Crippen LogP contribution is 2.22. The molecule has 0 aliphatic heterocycles. The van der Waals surface area contributed by atoms with Gasteiger partial charge in [0.1, 0.15) is 11.5 Å². The maximum atomic E-state index is 5.00. The summed E-state index contributed by atoms with van der Waals surface area (Å²) in [6, 6.07) is 3.55. The molecule has 0 aromatic carbocycles. The molecule has 6 nitrogen and oxygen atoms in total. The molecule has 0 saturated carbocycles. The zero-order chi connectivity index (χ0) is 14.5. The van der Waals surface area contributed by atoms with Gasteiger partial charge in [-0.05, 0) is 42.0 Å². The van der Waals surface area contributed by atoms with E-state index in [0.29, 0.717) is 17.4 Å². The highest BCUT2D eigenvalue weighted by atomic mass is 127. The summed E-state index contributed by atoms with van der Waals surface area (Å²) in [6.07, 6.45) is 1.04. The number of nitrogens with one attached hydrogen (secondary N) is 1. The fourth-order valence-corrected chi connectivity index (χ4v) is 2.01. The Morgan fingerprint density at radius 3 is 2.65 bits per heavy atom. The number of nitrogens with zero attached hydrogens (tertiary/aromatic N) is 4. The summed E-state index contributed by atoms with van der Waals surface area (Å²) in [5.41, 5.74) is 1.55. The number of methoxy groups -OCH3 is 1. The Bertz CT molecular complexity index is 588. The lowest BCUT2D eigenvalue weighted by Crippen LogP contribution is -2.08. The summed E-state index contributed by atoms with van der Waals surface area (Å²) in [6.45, 7) is 4.95. The van der Waals surface area contributed by atoms with Crippen molar-refractivity contribution < 1.29 is 4.74 Å². The van der Waals surface area contributed by atoms with Crippen molar-refractivity contribution in [2.45, 2.75) is 20.3 Å². The predicted molar refractivity (Wildman–Crippen MR) is 85.8 cm³/mol. The number of halogens is 1. The van der Waals surface area contributed by atoms with Crippen molar-refractivity contribution in [2.75, 3.05) is 19.0 Å². The normalized spacial score (nSPS) is 10.4. The summed E-state index contributed by atoms with van der Waals surface area (Å²) in [5.74, 6) is 1.88. The average molecular weight is 385 g/mol. The lowest BCUT2D eigenvalue weighted by Gasteiger charge is -2.10. The molecule has 7 heteroatoms. The molecule has 0 radical (unpaired) electrons. The van der Waals surface area contributed by atoms with Crippen LogP contribution < -0.4 is 10.1 Å². The van der Waals surface area contributed by atoms with Gasteiger partial charge in [0.25, 0.3) is 0 Å². The largest absolute Gasteiger partial charge is 0.480 e. The first-order valence-electron chi connectivity index (χ1n) is 6.31. The van der Waals surface area contributed by atoms with Crippen LogP contribution in [0, 0.1) is 10.5 Å². The minimum atomic E-state index is 0.473. The number of aryl methyl sites for hydroxylation is 1. The van der Waals surface area contributed by atoms with Crippen molar-refractivity contribution >= 4 is 28.4 Å². The maximum absolute atomic E-state index is 5.00. The van der Waals surface area contributed by atoms with Crippen LogP contribution in [0.2, 0.25) is 0 Å². The zero-order valence-electron chi connectivity index (χ0n) is 11.6. The fraction of sp³-hybridized carbons (Fsp3) is 0.385. The average Bonchev–Trinajstić information content (AvgIpc) is 2.48. The molecule has 0 bridgehead atoms. The van der Waals surface area contributed by atoms with Crippen molar-refractivity contribution in [1.29, 1.82) is 0 Å². The molecule has 0 spiro atoms. The van der Waals surface area contributed by atoms with E-state index in [-0.39, 0.29) is 0 Å². The third-order valence-electron chi connectivity index (χ3n) is 2.64. The minimum Gasteiger partial charge on any atom is -0.480 e. The molecule has 20 heavy (non-hydrogen) atoms. The number of aromatic nitrogens is 4. The Morgan fingerprint density at radius 2 is 2.05 bits per heavy atom. The van der Waals surface area contributed by atoms with E-state index in [2.05, 4.69) is 55.0 Å².